The van der Waals surface area contributed by atoms with Crippen LogP contribution >= 0.6 is 22.9 Å². The van der Waals surface area contributed by atoms with Crippen LogP contribution in [0.3, 0.4) is 0 Å². The van der Waals surface area contributed by atoms with E-state index in [9.17, 15) is 9.59 Å². The molecule has 2 aromatic carbocycles. The lowest BCUT2D eigenvalue weighted by Crippen LogP contribution is -2.50. The molecule has 160 valence electrons. The summed E-state index contributed by atoms with van der Waals surface area (Å²) in [5.74, 6) is 0. The number of amides is 2. The maximum absolute atomic E-state index is 12.8. The Morgan fingerprint density at radius 2 is 1.74 bits per heavy atom. The first-order valence-corrected chi connectivity index (χ1v) is 10.9. The van der Waals surface area contributed by atoms with E-state index in [2.05, 4.69) is 10.2 Å². The number of carboxylic acid groups (broad SMARTS) is 1. The van der Waals surface area contributed by atoms with Gasteiger partial charge < -0.3 is 25.0 Å². The summed E-state index contributed by atoms with van der Waals surface area (Å²) in [5, 5.41) is 12.7. The minimum atomic E-state index is -1.42. The molecule has 2 amide bonds. The summed E-state index contributed by atoms with van der Waals surface area (Å²) in [7, 11) is 0. The second-order valence-electron chi connectivity index (χ2n) is 6.93. The Bertz CT molecular complexity index is 1080. The summed E-state index contributed by atoms with van der Waals surface area (Å²) in [4.78, 5) is 28.6. The van der Waals surface area contributed by atoms with Gasteiger partial charge in [-0.15, -0.1) is 0 Å². The van der Waals surface area contributed by atoms with E-state index in [1.165, 1.54) is 11.3 Å². The average molecular weight is 458 g/mol. The number of hydrogen-bond donors (Lipinski definition) is 2. The van der Waals surface area contributed by atoms with Gasteiger partial charge in [0.1, 0.15) is 0 Å². The van der Waals surface area contributed by atoms with Crippen molar-refractivity contribution in [1.82, 2.24) is 4.90 Å². The fraction of sp³-hybridized carbons (Fsp3) is 0.182. The van der Waals surface area contributed by atoms with Crippen LogP contribution in [0.25, 0.3) is 10.4 Å². The molecule has 0 saturated carbocycles. The number of halogens is 1. The van der Waals surface area contributed by atoms with Crippen LogP contribution in [0.5, 0.6) is 5.06 Å². The van der Waals surface area contributed by atoms with Crippen LogP contribution in [0.15, 0.2) is 60.7 Å². The fourth-order valence-electron chi connectivity index (χ4n) is 3.40. The van der Waals surface area contributed by atoms with Crippen LogP contribution in [0.4, 0.5) is 21.0 Å². The first kappa shape index (κ1) is 21.0. The Morgan fingerprint density at radius 3 is 2.42 bits per heavy atom. The highest BCUT2D eigenvalue weighted by Gasteiger charge is 2.24. The van der Waals surface area contributed by atoms with Gasteiger partial charge in [-0.25, -0.2) is 9.59 Å². The molecule has 1 aliphatic heterocycles. The number of thiophene rings is 1. The molecular formula is C22H20ClN3O4S. The number of ether oxygens (including phenoxy) is 1. The van der Waals surface area contributed by atoms with Gasteiger partial charge in [0.2, 0.25) is 5.06 Å². The number of anilines is 2. The third kappa shape index (κ3) is 5.10. The van der Waals surface area contributed by atoms with Crippen LogP contribution in [0.1, 0.15) is 0 Å². The van der Waals surface area contributed by atoms with Gasteiger partial charge in [-0.3, -0.25) is 0 Å². The zero-order chi connectivity index (χ0) is 21.8. The topological polar surface area (TPSA) is 82.1 Å². The zero-order valence-corrected chi connectivity index (χ0v) is 18.0. The molecule has 9 heteroatoms. The maximum atomic E-state index is 12.8. The smallest absolute Gasteiger partial charge is 0.449 e. The van der Waals surface area contributed by atoms with E-state index >= 15 is 0 Å². The van der Waals surface area contributed by atoms with Gasteiger partial charge in [0.15, 0.2) is 0 Å². The van der Waals surface area contributed by atoms with Crippen molar-refractivity contribution >= 4 is 46.5 Å². The highest BCUT2D eigenvalue weighted by molar-refractivity contribution is 7.18. The molecule has 1 aromatic heterocycles. The predicted molar refractivity (Wildman–Crippen MR) is 123 cm³/mol. The monoisotopic (exact) mass is 457 g/mol. The van der Waals surface area contributed by atoms with Gasteiger partial charge in [0.25, 0.3) is 0 Å². The number of nitrogens with zero attached hydrogens (tertiary/aromatic N) is 2. The van der Waals surface area contributed by atoms with Gasteiger partial charge >= 0.3 is 12.2 Å². The standard InChI is InChI=1S/C22H20ClN3O4S/c23-16-7-4-8-17(13-16)25-9-11-26(12-10-25)21(27)24-18-14-19(15-5-2-1-3-6-15)31-20(18)30-22(28)29/h1-8,13-14H,9-12H2,(H,24,27)(H,28,29). The van der Waals surface area contributed by atoms with Crippen LogP contribution in [-0.2, 0) is 0 Å². The third-order valence-corrected chi connectivity index (χ3v) is 6.22. The molecule has 2 heterocycles. The molecule has 0 bridgehead atoms. The quantitative estimate of drug-likeness (QED) is 0.507. The predicted octanol–water partition coefficient (Wildman–Crippen LogP) is 5.48. The van der Waals surface area contributed by atoms with E-state index in [0.29, 0.717) is 36.9 Å². The van der Waals surface area contributed by atoms with Crippen LogP contribution in [0.2, 0.25) is 5.02 Å². The molecule has 1 aliphatic rings. The van der Waals surface area contributed by atoms with Crippen molar-refractivity contribution in [2.24, 2.45) is 0 Å². The number of nitrogens with one attached hydrogen (secondary N) is 1. The molecule has 7 nitrogen and oxygen atoms in total. The summed E-state index contributed by atoms with van der Waals surface area (Å²) < 4.78 is 4.90. The van der Waals surface area contributed by atoms with Crippen LogP contribution in [0, 0.1) is 0 Å². The third-order valence-electron chi connectivity index (χ3n) is 4.92. The molecule has 2 N–H and O–H groups in total. The van der Waals surface area contributed by atoms with Crippen molar-refractivity contribution < 1.29 is 19.4 Å². The minimum absolute atomic E-state index is 0.136. The summed E-state index contributed by atoms with van der Waals surface area (Å²) in [6.45, 7) is 2.41. The molecule has 0 radical (unpaired) electrons. The summed E-state index contributed by atoms with van der Waals surface area (Å²) in [5.41, 5.74) is 2.28. The Kier molecular flexibility index (Phi) is 6.29. The van der Waals surface area contributed by atoms with E-state index in [0.717, 1.165) is 16.1 Å². The van der Waals surface area contributed by atoms with E-state index in [1.54, 1.807) is 11.0 Å². The normalized spacial score (nSPS) is 13.7. The Balaban J connectivity index is 1.44. The molecule has 0 aliphatic carbocycles. The van der Waals surface area contributed by atoms with Gasteiger partial charge in [-0.2, -0.15) is 0 Å². The number of piperazine rings is 1. The van der Waals surface area contributed by atoms with Gasteiger partial charge in [0.05, 0.1) is 5.69 Å². The Hall–Kier alpha value is -3.23. The number of carbonyl (C=O) groups is 2. The summed E-state index contributed by atoms with van der Waals surface area (Å²) >= 11 is 7.25. The van der Waals surface area contributed by atoms with E-state index in [-0.39, 0.29) is 11.1 Å². The lowest BCUT2D eigenvalue weighted by atomic mass is 10.2. The van der Waals surface area contributed by atoms with Crippen molar-refractivity contribution in [3.05, 3.63) is 65.7 Å². The van der Waals surface area contributed by atoms with Crippen molar-refractivity contribution in [1.29, 1.82) is 0 Å². The van der Waals surface area contributed by atoms with Crippen molar-refractivity contribution in [2.45, 2.75) is 0 Å². The number of urea groups is 1. The van der Waals surface area contributed by atoms with E-state index < -0.39 is 6.16 Å². The highest BCUT2D eigenvalue weighted by Crippen LogP contribution is 2.41. The fourth-order valence-corrected chi connectivity index (χ4v) is 4.54. The van der Waals surface area contributed by atoms with Crippen molar-refractivity contribution in [3.63, 3.8) is 0 Å². The molecule has 1 fully saturated rings. The molecule has 3 aromatic rings. The lowest BCUT2D eigenvalue weighted by molar-refractivity contribution is 0.146. The second kappa shape index (κ2) is 9.28. The van der Waals surface area contributed by atoms with Crippen molar-refractivity contribution in [3.8, 4) is 15.5 Å². The second-order valence-corrected chi connectivity index (χ2v) is 8.38. The number of hydrogen-bond acceptors (Lipinski definition) is 5. The van der Waals surface area contributed by atoms with Crippen molar-refractivity contribution in [2.75, 3.05) is 36.4 Å². The van der Waals surface area contributed by atoms with Gasteiger partial charge in [-0.1, -0.05) is 59.3 Å². The lowest BCUT2D eigenvalue weighted by Gasteiger charge is -2.36. The van der Waals surface area contributed by atoms with Crippen LogP contribution < -0.4 is 15.0 Å². The Morgan fingerprint density at radius 1 is 1.00 bits per heavy atom. The highest BCUT2D eigenvalue weighted by atomic mass is 35.5. The first-order chi connectivity index (χ1) is 15.0. The molecule has 0 spiro atoms. The van der Waals surface area contributed by atoms with Gasteiger partial charge in [-0.05, 0) is 29.8 Å². The molecule has 0 unspecified atom stereocenters. The Labute approximate surface area is 188 Å². The molecule has 0 atom stereocenters. The van der Waals surface area contributed by atoms with E-state index in [1.807, 2.05) is 54.6 Å². The number of rotatable bonds is 4. The first-order valence-electron chi connectivity index (χ1n) is 9.66. The SMILES string of the molecule is O=C(O)Oc1sc(-c2ccccc2)cc1NC(=O)N1CCN(c2cccc(Cl)c2)CC1. The zero-order valence-electron chi connectivity index (χ0n) is 16.5. The van der Waals surface area contributed by atoms with Crippen LogP contribution in [-0.4, -0.2) is 48.4 Å². The largest absolute Gasteiger partial charge is 0.512 e. The molecule has 31 heavy (non-hydrogen) atoms. The number of benzene rings is 2. The minimum Gasteiger partial charge on any atom is -0.449 e. The molecule has 4 rings (SSSR count). The molecular weight excluding hydrogens is 438 g/mol. The van der Waals surface area contributed by atoms with E-state index in [4.69, 9.17) is 21.4 Å². The van der Waals surface area contributed by atoms with Gasteiger partial charge in [0, 0.05) is 41.8 Å². The average Bonchev–Trinajstić information content (AvgIpc) is 3.16. The summed E-state index contributed by atoms with van der Waals surface area (Å²) in [6.07, 6.45) is -1.42. The summed E-state index contributed by atoms with van der Waals surface area (Å²) in [6, 6.07) is 18.6. The maximum Gasteiger partial charge on any atom is 0.512 e. The number of carbonyl (C=O) groups excluding carboxylic acids is 1. The molecule has 1 saturated heterocycles.